The van der Waals surface area contributed by atoms with Crippen molar-refractivity contribution in [3.05, 3.63) is 11.7 Å². The van der Waals surface area contributed by atoms with Gasteiger partial charge in [0.2, 0.25) is 5.89 Å². The number of hydrogen-bond acceptors (Lipinski definition) is 4. The van der Waals surface area contributed by atoms with Crippen molar-refractivity contribution >= 4 is 0 Å². The van der Waals surface area contributed by atoms with Crippen molar-refractivity contribution in [3.63, 3.8) is 0 Å². The molecule has 2 atom stereocenters. The lowest BCUT2D eigenvalue weighted by Crippen LogP contribution is -2.00. The molecule has 0 spiro atoms. The van der Waals surface area contributed by atoms with Crippen LogP contribution in [0.1, 0.15) is 24.1 Å². The lowest BCUT2D eigenvalue weighted by molar-refractivity contribution is 0.374. The van der Waals surface area contributed by atoms with E-state index in [4.69, 9.17) is 10.3 Å². The van der Waals surface area contributed by atoms with Gasteiger partial charge in [0.25, 0.3) is 0 Å². The first-order chi connectivity index (χ1) is 4.77. The van der Waals surface area contributed by atoms with Gasteiger partial charge in [0, 0.05) is 6.04 Å². The van der Waals surface area contributed by atoms with Gasteiger partial charge in [0.1, 0.15) is 0 Å². The summed E-state index contributed by atoms with van der Waals surface area (Å²) in [6, 6.07) is 0.250. The predicted octanol–water partition coefficient (Wildman–Crippen LogP) is 0.193. The molecule has 0 radical (unpaired) electrons. The van der Waals surface area contributed by atoms with Crippen molar-refractivity contribution < 1.29 is 4.52 Å². The van der Waals surface area contributed by atoms with E-state index in [1.807, 2.05) is 0 Å². The number of aromatic nitrogens is 2. The highest BCUT2D eigenvalue weighted by atomic mass is 16.5. The number of rotatable bonds is 1. The van der Waals surface area contributed by atoms with E-state index in [9.17, 15) is 0 Å². The Bertz CT molecular complexity index is 245. The van der Waals surface area contributed by atoms with Crippen molar-refractivity contribution in [1.29, 1.82) is 0 Å². The molecule has 0 bridgehead atoms. The fourth-order valence-electron chi connectivity index (χ4n) is 0.962. The summed E-state index contributed by atoms with van der Waals surface area (Å²) in [5, 5.41) is 3.67. The van der Waals surface area contributed by atoms with E-state index in [2.05, 4.69) is 10.1 Å². The molecule has 1 fully saturated rings. The molecule has 1 saturated carbocycles. The smallest absolute Gasteiger partial charge is 0.231 e. The van der Waals surface area contributed by atoms with Crippen LogP contribution in [0, 0.1) is 6.92 Å². The van der Waals surface area contributed by atoms with Crippen LogP contribution in [0.2, 0.25) is 0 Å². The minimum absolute atomic E-state index is 0.250. The summed E-state index contributed by atoms with van der Waals surface area (Å²) in [6.07, 6.45) is 0.988. The van der Waals surface area contributed by atoms with Crippen molar-refractivity contribution in [2.24, 2.45) is 5.73 Å². The predicted molar refractivity (Wildman–Crippen MR) is 34.4 cm³/mol. The van der Waals surface area contributed by atoms with Crippen molar-refractivity contribution in [2.45, 2.75) is 25.3 Å². The van der Waals surface area contributed by atoms with Crippen LogP contribution < -0.4 is 5.73 Å². The molecule has 1 aliphatic rings. The molecule has 0 unspecified atom stereocenters. The van der Waals surface area contributed by atoms with Gasteiger partial charge in [-0.1, -0.05) is 5.16 Å². The molecule has 4 heteroatoms. The summed E-state index contributed by atoms with van der Waals surface area (Å²) < 4.78 is 4.92. The van der Waals surface area contributed by atoms with Gasteiger partial charge in [0.15, 0.2) is 5.82 Å². The first kappa shape index (κ1) is 5.85. The normalized spacial score (nSPS) is 30.6. The van der Waals surface area contributed by atoms with E-state index < -0.39 is 0 Å². The molecule has 2 rings (SSSR count). The van der Waals surface area contributed by atoms with Crippen LogP contribution in [0.25, 0.3) is 0 Å². The van der Waals surface area contributed by atoms with Crippen LogP contribution in [0.5, 0.6) is 0 Å². The second kappa shape index (κ2) is 1.79. The molecule has 54 valence electrons. The van der Waals surface area contributed by atoms with Gasteiger partial charge in [-0.3, -0.25) is 0 Å². The molecule has 0 amide bonds. The highest BCUT2D eigenvalue weighted by Crippen LogP contribution is 2.37. The van der Waals surface area contributed by atoms with E-state index in [0.717, 1.165) is 6.42 Å². The Morgan fingerprint density at radius 2 is 2.40 bits per heavy atom. The van der Waals surface area contributed by atoms with Gasteiger partial charge in [-0.2, -0.15) is 4.98 Å². The standard InChI is InChI=1S/C6H9N3O/c1-3-8-6(10-9-3)4-2-5(4)7/h4-5H,2,7H2,1H3/t4-,5+/m1/s1. The fraction of sp³-hybridized carbons (Fsp3) is 0.667. The minimum Gasteiger partial charge on any atom is -0.339 e. The molecule has 0 aromatic carbocycles. The van der Waals surface area contributed by atoms with Crippen LogP contribution in [-0.2, 0) is 0 Å². The zero-order valence-corrected chi connectivity index (χ0v) is 5.74. The Kier molecular flexibility index (Phi) is 1.05. The van der Waals surface area contributed by atoms with Crippen LogP contribution in [0.3, 0.4) is 0 Å². The zero-order chi connectivity index (χ0) is 7.14. The van der Waals surface area contributed by atoms with Gasteiger partial charge in [0.05, 0.1) is 5.92 Å². The molecule has 10 heavy (non-hydrogen) atoms. The van der Waals surface area contributed by atoms with E-state index in [0.29, 0.717) is 17.6 Å². The third-order valence-electron chi connectivity index (χ3n) is 1.70. The van der Waals surface area contributed by atoms with E-state index in [-0.39, 0.29) is 6.04 Å². The highest BCUT2D eigenvalue weighted by Gasteiger charge is 2.39. The van der Waals surface area contributed by atoms with Crippen LogP contribution in [0.15, 0.2) is 4.52 Å². The molecule has 2 N–H and O–H groups in total. The Morgan fingerprint density at radius 3 is 2.80 bits per heavy atom. The van der Waals surface area contributed by atoms with Gasteiger partial charge in [-0.25, -0.2) is 0 Å². The second-order valence-corrected chi connectivity index (χ2v) is 2.69. The molecule has 1 heterocycles. The minimum atomic E-state index is 0.250. The summed E-state index contributed by atoms with van der Waals surface area (Å²) in [4.78, 5) is 4.07. The lowest BCUT2D eigenvalue weighted by Gasteiger charge is -1.82. The van der Waals surface area contributed by atoms with Crippen molar-refractivity contribution in [2.75, 3.05) is 0 Å². The highest BCUT2D eigenvalue weighted by molar-refractivity contribution is 5.10. The number of nitrogens with two attached hydrogens (primary N) is 1. The van der Waals surface area contributed by atoms with Crippen LogP contribution in [-0.4, -0.2) is 16.2 Å². The SMILES string of the molecule is Cc1noc([C@@H]2C[C@@H]2N)n1. The first-order valence-electron chi connectivity index (χ1n) is 3.33. The largest absolute Gasteiger partial charge is 0.339 e. The summed E-state index contributed by atoms with van der Waals surface area (Å²) >= 11 is 0. The molecule has 1 aromatic rings. The van der Waals surface area contributed by atoms with E-state index >= 15 is 0 Å². The van der Waals surface area contributed by atoms with Crippen molar-refractivity contribution in [3.8, 4) is 0 Å². The molecule has 1 aromatic heterocycles. The molecule has 1 aliphatic carbocycles. The van der Waals surface area contributed by atoms with E-state index in [1.54, 1.807) is 6.92 Å². The quantitative estimate of drug-likeness (QED) is 0.603. The fourth-order valence-corrected chi connectivity index (χ4v) is 0.962. The molecule has 4 nitrogen and oxygen atoms in total. The Labute approximate surface area is 58.4 Å². The maximum atomic E-state index is 5.58. The Hall–Kier alpha value is -0.900. The zero-order valence-electron chi connectivity index (χ0n) is 5.74. The first-order valence-corrected chi connectivity index (χ1v) is 3.33. The van der Waals surface area contributed by atoms with Crippen LogP contribution >= 0.6 is 0 Å². The summed E-state index contributed by atoms with van der Waals surface area (Å²) in [5.74, 6) is 1.72. The summed E-state index contributed by atoms with van der Waals surface area (Å²) in [6.45, 7) is 1.81. The van der Waals surface area contributed by atoms with Gasteiger partial charge in [-0.15, -0.1) is 0 Å². The average molecular weight is 139 g/mol. The molecular formula is C6H9N3O. The number of nitrogens with zero attached hydrogens (tertiary/aromatic N) is 2. The van der Waals surface area contributed by atoms with Gasteiger partial charge >= 0.3 is 0 Å². The third kappa shape index (κ3) is 0.806. The summed E-state index contributed by atoms with van der Waals surface area (Å²) in [7, 11) is 0. The molecular weight excluding hydrogens is 130 g/mol. The number of aryl methyl sites for hydroxylation is 1. The summed E-state index contributed by atoms with van der Waals surface area (Å²) in [5.41, 5.74) is 5.58. The van der Waals surface area contributed by atoms with Gasteiger partial charge < -0.3 is 10.3 Å². The maximum Gasteiger partial charge on any atom is 0.231 e. The van der Waals surface area contributed by atoms with Gasteiger partial charge in [-0.05, 0) is 13.3 Å². The number of hydrogen-bond donors (Lipinski definition) is 1. The third-order valence-corrected chi connectivity index (χ3v) is 1.70. The maximum absolute atomic E-state index is 5.58. The topological polar surface area (TPSA) is 64.9 Å². The second-order valence-electron chi connectivity index (χ2n) is 2.69. The average Bonchev–Trinajstić information content (AvgIpc) is 2.42. The molecule has 0 aliphatic heterocycles. The lowest BCUT2D eigenvalue weighted by atomic mass is 10.4. The molecule has 0 saturated heterocycles. The monoisotopic (exact) mass is 139 g/mol. The van der Waals surface area contributed by atoms with Crippen molar-refractivity contribution in [1.82, 2.24) is 10.1 Å². The Balaban J connectivity index is 2.20. The van der Waals surface area contributed by atoms with Crippen LogP contribution in [0.4, 0.5) is 0 Å². The van der Waals surface area contributed by atoms with E-state index in [1.165, 1.54) is 0 Å². The Morgan fingerprint density at radius 1 is 1.70 bits per heavy atom.